The Morgan fingerprint density at radius 1 is 0.923 bits per heavy atom. The van der Waals surface area contributed by atoms with Crippen molar-refractivity contribution >= 4 is 17.6 Å². The van der Waals surface area contributed by atoms with Gasteiger partial charge in [0.15, 0.2) is 0 Å². The van der Waals surface area contributed by atoms with E-state index >= 15 is 0 Å². The average molecular weight is 351 g/mol. The fourth-order valence-electron chi connectivity index (χ4n) is 3.22. The number of amides is 3. The highest BCUT2D eigenvalue weighted by atomic mass is 16.2. The first-order valence-electron chi connectivity index (χ1n) is 9.20. The maximum absolute atomic E-state index is 12.3. The van der Waals surface area contributed by atoms with Crippen molar-refractivity contribution in [2.75, 3.05) is 5.32 Å². The van der Waals surface area contributed by atoms with Crippen LogP contribution < -0.4 is 16.0 Å². The van der Waals surface area contributed by atoms with Crippen molar-refractivity contribution in [3.63, 3.8) is 0 Å². The number of carbonyl (C=O) groups excluding carboxylic acids is 2. The molecular formula is C21H25N3O2. The second kappa shape index (κ2) is 9.04. The summed E-state index contributed by atoms with van der Waals surface area (Å²) in [5.41, 5.74) is 2.18. The molecule has 0 aromatic heterocycles. The van der Waals surface area contributed by atoms with Crippen molar-refractivity contribution in [2.24, 2.45) is 0 Å². The minimum atomic E-state index is -0.209. The van der Waals surface area contributed by atoms with E-state index in [1.807, 2.05) is 30.3 Å². The van der Waals surface area contributed by atoms with Gasteiger partial charge in [0, 0.05) is 23.8 Å². The molecule has 0 heterocycles. The van der Waals surface area contributed by atoms with E-state index in [-0.39, 0.29) is 18.0 Å². The van der Waals surface area contributed by atoms with Crippen molar-refractivity contribution in [3.8, 4) is 0 Å². The molecule has 1 aliphatic carbocycles. The lowest BCUT2D eigenvalue weighted by Gasteiger charge is -2.22. The third-order valence-electron chi connectivity index (χ3n) is 4.62. The van der Waals surface area contributed by atoms with Crippen molar-refractivity contribution in [3.05, 3.63) is 65.7 Å². The Balaban J connectivity index is 1.53. The van der Waals surface area contributed by atoms with Crippen LogP contribution >= 0.6 is 0 Å². The van der Waals surface area contributed by atoms with E-state index in [1.165, 1.54) is 19.3 Å². The zero-order valence-corrected chi connectivity index (χ0v) is 14.8. The number of rotatable bonds is 5. The maximum atomic E-state index is 12.3. The Hall–Kier alpha value is -2.82. The molecule has 3 N–H and O–H groups in total. The molecule has 0 aliphatic heterocycles. The van der Waals surface area contributed by atoms with Crippen LogP contribution in [-0.2, 0) is 6.54 Å². The van der Waals surface area contributed by atoms with E-state index in [0.717, 1.165) is 18.4 Å². The number of hydrogen-bond donors (Lipinski definition) is 3. The summed E-state index contributed by atoms with van der Waals surface area (Å²) < 4.78 is 0. The van der Waals surface area contributed by atoms with E-state index in [9.17, 15) is 9.59 Å². The predicted octanol–water partition coefficient (Wildman–Crippen LogP) is 4.07. The Bertz CT molecular complexity index is 740. The fraction of sp³-hybridized carbons (Fsp3) is 0.333. The van der Waals surface area contributed by atoms with Crippen molar-refractivity contribution in [1.82, 2.24) is 10.6 Å². The SMILES string of the molecule is O=C(Nc1cccc(C(=O)NCc2ccccc2)c1)NC1CCCCC1. The number of anilines is 1. The maximum Gasteiger partial charge on any atom is 0.319 e. The van der Waals surface area contributed by atoms with Crippen molar-refractivity contribution in [2.45, 2.75) is 44.7 Å². The molecule has 3 amide bonds. The molecule has 0 unspecified atom stereocenters. The van der Waals surface area contributed by atoms with Gasteiger partial charge in [-0.25, -0.2) is 4.79 Å². The van der Waals surface area contributed by atoms with Crippen LogP contribution in [0.15, 0.2) is 54.6 Å². The zero-order valence-electron chi connectivity index (χ0n) is 14.8. The summed E-state index contributed by atoms with van der Waals surface area (Å²) in [6.45, 7) is 0.472. The van der Waals surface area contributed by atoms with Gasteiger partial charge in [-0.3, -0.25) is 4.79 Å². The van der Waals surface area contributed by atoms with Crippen LogP contribution in [0.4, 0.5) is 10.5 Å². The molecule has 3 rings (SSSR count). The molecule has 26 heavy (non-hydrogen) atoms. The van der Waals surface area contributed by atoms with Gasteiger partial charge in [0.2, 0.25) is 0 Å². The number of hydrogen-bond acceptors (Lipinski definition) is 2. The van der Waals surface area contributed by atoms with Gasteiger partial charge < -0.3 is 16.0 Å². The molecule has 2 aromatic carbocycles. The summed E-state index contributed by atoms with van der Waals surface area (Å²) in [4.78, 5) is 24.5. The molecule has 5 nitrogen and oxygen atoms in total. The van der Waals surface area contributed by atoms with Gasteiger partial charge in [-0.15, -0.1) is 0 Å². The Labute approximate surface area is 154 Å². The van der Waals surface area contributed by atoms with Crippen molar-refractivity contribution < 1.29 is 9.59 Å². The lowest BCUT2D eigenvalue weighted by atomic mass is 9.96. The molecule has 1 saturated carbocycles. The molecule has 0 saturated heterocycles. The first-order chi connectivity index (χ1) is 12.7. The normalized spacial score (nSPS) is 14.5. The summed E-state index contributed by atoms with van der Waals surface area (Å²) in [5.74, 6) is -0.162. The van der Waals surface area contributed by atoms with E-state index in [1.54, 1.807) is 24.3 Å². The number of carbonyl (C=O) groups is 2. The molecule has 2 aromatic rings. The smallest absolute Gasteiger partial charge is 0.319 e. The second-order valence-electron chi connectivity index (χ2n) is 6.68. The minimum Gasteiger partial charge on any atom is -0.348 e. The molecule has 0 spiro atoms. The second-order valence-corrected chi connectivity index (χ2v) is 6.68. The van der Waals surface area contributed by atoms with Crippen LogP contribution in [0.25, 0.3) is 0 Å². The topological polar surface area (TPSA) is 70.2 Å². The molecule has 0 radical (unpaired) electrons. The van der Waals surface area contributed by atoms with Gasteiger partial charge >= 0.3 is 6.03 Å². The molecule has 0 atom stereocenters. The van der Waals surface area contributed by atoms with Gasteiger partial charge in [0.25, 0.3) is 5.91 Å². The lowest BCUT2D eigenvalue weighted by Crippen LogP contribution is -2.39. The molecule has 1 fully saturated rings. The minimum absolute atomic E-state index is 0.162. The van der Waals surface area contributed by atoms with E-state index in [0.29, 0.717) is 17.8 Å². The monoisotopic (exact) mass is 351 g/mol. The third kappa shape index (κ3) is 5.34. The summed E-state index contributed by atoms with van der Waals surface area (Å²) in [5, 5.41) is 8.73. The summed E-state index contributed by atoms with van der Waals surface area (Å²) >= 11 is 0. The first-order valence-corrected chi connectivity index (χ1v) is 9.20. The summed E-state index contributed by atoms with van der Waals surface area (Å²) in [6, 6.07) is 16.8. The van der Waals surface area contributed by atoms with Gasteiger partial charge in [0.1, 0.15) is 0 Å². The van der Waals surface area contributed by atoms with Gasteiger partial charge in [-0.2, -0.15) is 0 Å². The average Bonchev–Trinajstić information content (AvgIpc) is 2.68. The quantitative estimate of drug-likeness (QED) is 0.760. The number of benzene rings is 2. The van der Waals surface area contributed by atoms with Gasteiger partial charge in [0.05, 0.1) is 0 Å². The van der Waals surface area contributed by atoms with Crippen LogP contribution in [0.3, 0.4) is 0 Å². The third-order valence-corrected chi connectivity index (χ3v) is 4.62. The Kier molecular flexibility index (Phi) is 6.25. The van der Waals surface area contributed by atoms with Crippen LogP contribution in [0.2, 0.25) is 0 Å². The predicted molar refractivity (Wildman–Crippen MR) is 103 cm³/mol. The highest BCUT2D eigenvalue weighted by molar-refractivity contribution is 5.96. The van der Waals surface area contributed by atoms with Crippen LogP contribution in [0.1, 0.15) is 48.0 Å². The van der Waals surface area contributed by atoms with Crippen LogP contribution in [-0.4, -0.2) is 18.0 Å². The van der Waals surface area contributed by atoms with Gasteiger partial charge in [-0.05, 0) is 36.6 Å². The number of urea groups is 1. The highest BCUT2D eigenvalue weighted by Gasteiger charge is 2.15. The molecule has 0 bridgehead atoms. The van der Waals surface area contributed by atoms with Gasteiger partial charge in [-0.1, -0.05) is 55.7 Å². The zero-order chi connectivity index (χ0) is 18.2. The van der Waals surface area contributed by atoms with E-state index in [2.05, 4.69) is 16.0 Å². The first kappa shape index (κ1) is 18.0. The Morgan fingerprint density at radius 2 is 1.69 bits per heavy atom. The number of nitrogens with one attached hydrogen (secondary N) is 3. The largest absolute Gasteiger partial charge is 0.348 e. The summed E-state index contributed by atoms with van der Waals surface area (Å²) in [6.07, 6.45) is 5.66. The molecule has 5 heteroatoms. The van der Waals surface area contributed by atoms with E-state index < -0.39 is 0 Å². The van der Waals surface area contributed by atoms with Crippen molar-refractivity contribution in [1.29, 1.82) is 0 Å². The van der Waals surface area contributed by atoms with Crippen LogP contribution in [0, 0.1) is 0 Å². The molecular weight excluding hydrogens is 326 g/mol. The summed E-state index contributed by atoms with van der Waals surface area (Å²) in [7, 11) is 0. The lowest BCUT2D eigenvalue weighted by molar-refractivity contribution is 0.0951. The van der Waals surface area contributed by atoms with Crippen LogP contribution in [0.5, 0.6) is 0 Å². The standard InChI is InChI=1S/C21H25N3O2/c25-20(22-15-16-8-3-1-4-9-16)17-10-7-13-19(14-17)24-21(26)23-18-11-5-2-6-12-18/h1,3-4,7-10,13-14,18H,2,5-6,11-12,15H2,(H,22,25)(H2,23,24,26). The fourth-order valence-corrected chi connectivity index (χ4v) is 3.22. The Morgan fingerprint density at radius 3 is 2.46 bits per heavy atom. The molecule has 1 aliphatic rings. The van der Waals surface area contributed by atoms with E-state index in [4.69, 9.17) is 0 Å². The highest BCUT2D eigenvalue weighted by Crippen LogP contribution is 2.18. The molecule has 136 valence electrons.